The van der Waals surface area contributed by atoms with E-state index in [1.807, 2.05) is 6.92 Å². The number of ether oxygens (including phenoxy) is 2. The lowest BCUT2D eigenvalue weighted by Crippen LogP contribution is -2.34. The Morgan fingerprint density at radius 1 is 1.03 bits per heavy atom. The molecule has 2 atom stereocenters. The van der Waals surface area contributed by atoms with Gasteiger partial charge in [0, 0.05) is 17.3 Å². The number of rotatable bonds is 9. The van der Waals surface area contributed by atoms with Gasteiger partial charge in [0.2, 0.25) is 11.8 Å². The number of carbonyl (C=O) groups is 2. The summed E-state index contributed by atoms with van der Waals surface area (Å²) in [4.78, 5) is 23.9. The molecule has 0 heterocycles. The molecule has 0 spiro atoms. The molecule has 0 radical (unpaired) electrons. The third kappa shape index (κ3) is 5.66. The van der Waals surface area contributed by atoms with Gasteiger partial charge in [0.25, 0.3) is 10.0 Å². The zero-order valence-corrected chi connectivity index (χ0v) is 18.3. The molecule has 1 fully saturated rings. The number of methoxy groups -OCH3 is 2. The number of nitrogens with one attached hydrogen (secondary N) is 3. The lowest BCUT2D eigenvalue weighted by Gasteiger charge is -2.14. The second-order valence-electron chi connectivity index (χ2n) is 7.29. The highest BCUT2D eigenvalue weighted by Gasteiger charge is 2.39. The fourth-order valence-corrected chi connectivity index (χ4v) is 4.28. The van der Waals surface area contributed by atoms with E-state index in [9.17, 15) is 18.0 Å². The van der Waals surface area contributed by atoms with Gasteiger partial charge < -0.3 is 20.1 Å². The van der Waals surface area contributed by atoms with Crippen LogP contribution in [0.1, 0.15) is 13.3 Å². The number of anilines is 2. The van der Waals surface area contributed by atoms with Crippen molar-refractivity contribution in [1.82, 2.24) is 5.32 Å². The Hall–Kier alpha value is -3.27. The standard InChI is InChI=1S/C21H25N3O6S/c1-13-10-17(13)21(26)22-12-20(25)23-15-6-9-18(30-3)19(11-15)31(27,28)24-14-4-7-16(29-2)8-5-14/h4-9,11,13,17,24H,10,12H2,1-3H3,(H,22,26)(H,23,25)/t13-,17-/m0/s1. The molecule has 2 aromatic carbocycles. The van der Waals surface area contributed by atoms with Crippen LogP contribution < -0.4 is 24.8 Å². The van der Waals surface area contributed by atoms with Crippen LogP contribution in [0.2, 0.25) is 0 Å². The van der Waals surface area contributed by atoms with Crippen molar-refractivity contribution in [2.75, 3.05) is 30.8 Å². The summed E-state index contributed by atoms with van der Waals surface area (Å²) in [7, 11) is -1.13. The van der Waals surface area contributed by atoms with Crippen LogP contribution in [0.5, 0.6) is 11.5 Å². The molecule has 1 aliphatic carbocycles. The monoisotopic (exact) mass is 447 g/mol. The van der Waals surface area contributed by atoms with E-state index >= 15 is 0 Å². The van der Waals surface area contributed by atoms with E-state index in [0.717, 1.165) is 6.42 Å². The van der Waals surface area contributed by atoms with Crippen LogP contribution in [-0.4, -0.2) is 41.0 Å². The largest absolute Gasteiger partial charge is 0.497 e. The van der Waals surface area contributed by atoms with E-state index in [4.69, 9.17) is 9.47 Å². The van der Waals surface area contributed by atoms with Gasteiger partial charge in [-0.15, -0.1) is 0 Å². The van der Waals surface area contributed by atoms with Gasteiger partial charge in [-0.05, 0) is 54.8 Å². The Balaban J connectivity index is 1.71. The van der Waals surface area contributed by atoms with Crippen LogP contribution in [0, 0.1) is 11.8 Å². The van der Waals surface area contributed by atoms with E-state index in [2.05, 4.69) is 15.4 Å². The van der Waals surface area contributed by atoms with Crippen LogP contribution in [0.25, 0.3) is 0 Å². The van der Waals surface area contributed by atoms with Gasteiger partial charge in [-0.25, -0.2) is 8.42 Å². The number of hydrogen-bond donors (Lipinski definition) is 3. The van der Waals surface area contributed by atoms with Crippen molar-refractivity contribution in [2.45, 2.75) is 18.2 Å². The van der Waals surface area contributed by atoms with Gasteiger partial charge in [-0.1, -0.05) is 6.92 Å². The van der Waals surface area contributed by atoms with Gasteiger partial charge in [-0.3, -0.25) is 14.3 Å². The predicted octanol–water partition coefficient (Wildman–Crippen LogP) is 2.22. The van der Waals surface area contributed by atoms with Gasteiger partial charge in [0.05, 0.1) is 20.8 Å². The smallest absolute Gasteiger partial charge is 0.265 e. The summed E-state index contributed by atoms with van der Waals surface area (Å²) in [5.41, 5.74) is 0.601. The Morgan fingerprint density at radius 3 is 2.26 bits per heavy atom. The second-order valence-corrected chi connectivity index (χ2v) is 8.94. The fourth-order valence-electron chi connectivity index (χ4n) is 3.02. The molecule has 0 bridgehead atoms. The minimum atomic E-state index is -4.01. The van der Waals surface area contributed by atoms with E-state index < -0.39 is 15.9 Å². The first kappa shape index (κ1) is 22.4. The average Bonchev–Trinajstić information content (AvgIpc) is 3.49. The summed E-state index contributed by atoms with van der Waals surface area (Å²) < 4.78 is 38.5. The molecule has 1 aliphatic rings. The van der Waals surface area contributed by atoms with Crippen LogP contribution in [0.4, 0.5) is 11.4 Å². The summed E-state index contributed by atoms with van der Waals surface area (Å²) in [5.74, 6) is 0.413. The molecule has 9 nitrogen and oxygen atoms in total. The lowest BCUT2D eigenvalue weighted by atomic mass is 10.3. The fraction of sp³-hybridized carbons (Fsp3) is 0.333. The van der Waals surface area contributed by atoms with Crippen molar-refractivity contribution in [3.63, 3.8) is 0 Å². The highest BCUT2D eigenvalue weighted by atomic mass is 32.2. The first-order chi connectivity index (χ1) is 14.7. The third-order valence-corrected chi connectivity index (χ3v) is 6.35. The summed E-state index contributed by atoms with van der Waals surface area (Å²) in [6, 6.07) is 10.7. The van der Waals surface area contributed by atoms with Gasteiger partial charge >= 0.3 is 0 Å². The molecule has 1 saturated carbocycles. The Bertz CT molecular complexity index is 1070. The third-order valence-electron chi connectivity index (χ3n) is 4.95. The number of benzene rings is 2. The quantitative estimate of drug-likeness (QED) is 0.542. The molecule has 2 aromatic rings. The first-order valence-electron chi connectivity index (χ1n) is 9.66. The van der Waals surface area contributed by atoms with Gasteiger partial charge in [0.1, 0.15) is 16.4 Å². The predicted molar refractivity (Wildman–Crippen MR) is 116 cm³/mol. The molecule has 10 heteroatoms. The first-order valence-corrected chi connectivity index (χ1v) is 11.1. The van der Waals surface area contributed by atoms with Crippen LogP contribution in [0.15, 0.2) is 47.4 Å². The van der Waals surface area contributed by atoms with E-state index in [0.29, 0.717) is 17.4 Å². The van der Waals surface area contributed by atoms with Crippen molar-refractivity contribution < 1.29 is 27.5 Å². The van der Waals surface area contributed by atoms with E-state index in [1.165, 1.54) is 32.4 Å². The Morgan fingerprint density at radius 2 is 1.68 bits per heavy atom. The molecule has 3 rings (SSSR count). The van der Waals surface area contributed by atoms with Crippen molar-refractivity contribution in [3.8, 4) is 11.5 Å². The lowest BCUT2D eigenvalue weighted by molar-refractivity contribution is -0.125. The van der Waals surface area contributed by atoms with Crippen LogP contribution in [0.3, 0.4) is 0 Å². The van der Waals surface area contributed by atoms with E-state index in [1.54, 1.807) is 24.3 Å². The maximum absolute atomic E-state index is 12.9. The van der Waals surface area contributed by atoms with Crippen LogP contribution >= 0.6 is 0 Å². The molecule has 0 aromatic heterocycles. The van der Waals surface area contributed by atoms with E-state index in [-0.39, 0.29) is 34.7 Å². The molecule has 0 aliphatic heterocycles. The maximum atomic E-state index is 12.9. The molecule has 3 N–H and O–H groups in total. The van der Waals surface area contributed by atoms with Crippen molar-refractivity contribution >= 4 is 33.2 Å². The molecule has 31 heavy (non-hydrogen) atoms. The topological polar surface area (TPSA) is 123 Å². The Kier molecular flexibility index (Phi) is 6.69. The summed E-state index contributed by atoms with van der Waals surface area (Å²) >= 11 is 0. The number of amides is 2. The minimum Gasteiger partial charge on any atom is -0.497 e. The van der Waals surface area contributed by atoms with Crippen molar-refractivity contribution in [1.29, 1.82) is 0 Å². The van der Waals surface area contributed by atoms with Crippen molar-refractivity contribution in [2.24, 2.45) is 11.8 Å². The van der Waals surface area contributed by atoms with Gasteiger partial charge in [-0.2, -0.15) is 0 Å². The molecular weight excluding hydrogens is 422 g/mol. The van der Waals surface area contributed by atoms with Crippen LogP contribution in [-0.2, 0) is 19.6 Å². The summed E-state index contributed by atoms with van der Waals surface area (Å²) in [5, 5.41) is 5.18. The molecule has 0 saturated heterocycles. The minimum absolute atomic E-state index is 0.0328. The zero-order chi connectivity index (χ0) is 22.6. The molecular formula is C21H25N3O6S. The Labute approximate surface area is 181 Å². The molecule has 0 unspecified atom stereocenters. The summed E-state index contributed by atoms with van der Waals surface area (Å²) in [6.07, 6.45) is 0.828. The molecule has 166 valence electrons. The number of carbonyl (C=O) groups excluding carboxylic acids is 2. The van der Waals surface area contributed by atoms with Crippen molar-refractivity contribution in [3.05, 3.63) is 42.5 Å². The summed E-state index contributed by atoms with van der Waals surface area (Å²) in [6.45, 7) is 1.78. The number of sulfonamides is 1. The average molecular weight is 448 g/mol. The highest BCUT2D eigenvalue weighted by molar-refractivity contribution is 7.92. The second kappa shape index (κ2) is 9.25. The van der Waals surface area contributed by atoms with Gasteiger partial charge in [0.15, 0.2) is 0 Å². The SMILES string of the molecule is COc1ccc(NS(=O)(=O)c2cc(NC(=O)CNC(=O)[C@H]3C[C@@H]3C)ccc2OC)cc1. The normalized spacial score (nSPS) is 17.4. The zero-order valence-electron chi connectivity index (χ0n) is 17.5. The number of hydrogen-bond acceptors (Lipinski definition) is 6. The highest BCUT2D eigenvalue weighted by Crippen LogP contribution is 2.37. The maximum Gasteiger partial charge on any atom is 0.265 e. The molecule has 2 amide bonds.